The molecule has 2 N–H and O–H groups in total. The zero-order chi connectivity index (χ0) is 15.5. The van der Waals surface area contributed by atoms with Gasteiger partial charge in [-0.25, -0.2) is 8.42 Å². The van der Waals surface area contributed by atoms with Crippen molar-refractivity contribution in [2.24, 2.45) is 5.73 Å². The lowest BCUT2D eigenvalue weighted by atomic mass is 10.2. The number of hydrogen-bond acceptors (Lipinski definition) is 4. The molecule has 2 rings (SSSR count). The molecule has 0 amide bonds. The van der Waals surface area contributed by atoms with Crippen LogP contribution in [0.5, 0.6) is 0 Å². The van der Waals surface area contributed by atoms with Gasteiger partial charge in [0.05, 0.1) is 17.8 Å². The van der Waals surface area contributed by atoms with Gasteiger partial charge in [0.25, 0.3) is 0 Å². The number of nitrogens with two attached hydrogens (primary N) is 1. The highest BCUT2D eigenvalue weighted by molar-refractivity contribution is 7.89. The molecular weight excluding hydrogens is 312 g/mol. The molecule has 5 nitrogen and oxygen atoms in total. The summed E-state index contributed by atoms with van der Waals surface area (Å²) >= 11 is 6.05. The summed E-state index contributed by atoms with van der Waals surface area (Å²) in [5, 5.41) is 0.185. The monoisotopic (exact) mass is 328 g/mol. The van der Waals surface area contributed by atoms with E-state index in [4.69, 9.17) is 21.8 Å². The number of hydrogen-bond donors (Lipinski definition) is 1. The van der Waals surface area contributed by atoms with Crippen LogP contribution in [0.2, 0.25) is 5.02 Å². The molecule has 1 aromatic heterocycles. The van der Waals surface area contributed by atoms with Crippen LogP contribution in [0.3, 0.4) is 0 Å². The van der Waals surface area contributed by atoms with E-state index in [2.05, 4.69) is 0 Å². The van der Waals surface area contributed by atoms with Crippen molar-refractivity contribution in [2.75, 3.05) is 6.54 Å². The van der Waals surface area contributed by atoms with Crippen molar-refractivity contribution in [3.05, 3.63) is 52.9 Å². The summed E-state index contributed by atoms with van der Waals surface area (Å²) in [4.78, 5) is 0.0699. The Balaban J connectivity index is 2.39. The van der Waals surface area contributed by atoms with Crippen molar-refractivity contribution in [3.63, 3.8) is 0 Å². The molecule has 0 aliphatic heterocycles. The van der Waals surface area contributed by atoms with E-state index in [1.54, 1.807) is 31.2 Å². The second-order valence-corrected chi connectivity index (χ2v) is 6.79. The lowest BCUT2D eigenvalue weighted by Gasteiger charge is -2.20. The van der Waals surface area contributed by atoms with E-state index in [9.17, 15) is 8.42 Å². The molecular formula is C14H17ClN2O3S. The Morgan fingerprint density at radius 2 is 2.10 bits per heavy atom. The Kier molecular flexibility index (Phi) is 5.05. The first-order valence-electron chi connectivity index (χ1n) is 6.50. The minimum absolute atomic E-state index is 0.0699. The Bertz CT molecular complexity index is 699. The van der Waals surface area contributed by atoms with Gasteiger partial charge in [0.2, 0.25) is 10.0 Å². The Hall–Kier alpha value is -1.34. The summed E-state index contributed by atoms with van der Waals surface area (Å²) in [6, 6.07) is 8.23. The largest absolute Gasteiger partial charge is 0.468 e. The van der Waals surface area contributed by atoms with Crippen molar-refractivity contribution in [1.29, 1.82) is 0 Å². The number of furan rings is 1. The maximum Gasteiger partial charge on any atom is 0.244 e. The second kappa shape index (κ2) is 6.62. The SMILES string of the molecule is CCN(Cc1ccco1)S(=O)(=O)c1cc(CN)ccc1Cl. The summed E-state index contributed by atoms with van der Waals surface area (Å²) in [6.45, 7) is 2.49. The first-order valence-corrected chi connectivity index (χ1v) is 8.32. The first-order chi connectivity index (χ1) is 9.98. The molecule has 0 atom stereocenters. The third kappa shape index (κ3) is 3.47. The van der Waals surface area contributed by atoms with Gasteiger partial charge in [-0.3, -0.25) is 0 Å². The minimum atomic E-state index is -3.70. The molecule has 1 aromatic carbocycles. The zero-order valence-corrected chi connectivity index (χ0v) is 13.2. The number of sulfonamides is 1. The summed E-state index contributed by atoms with van der Waals surface area (Å²) in [7, 11) is -3.70. The molecule has 0 aliphatic carbocycles. The van der Waals surface area contributed by atoms with Crippen LogP contribution in [-0.4, -0.2) is 19.3 Å². The van der Waals surface area contributed by atoms with Gasteiger partial charge >= 0.3 is 0 Å². The van der Waals surface area contributed by atoms with E-state index in [-0.39, 0.29) is 23.0 Å². The van der Waals surface area contributed by atoms with Gasteiger partial charge < -0.3 is 10.2 Å². The van der Waals surface area contributed by atoms with E-state index < -0.39 is 10.0 Å². The van der Waals surface area contributed by atoms with Crippen molar-refractivity contribution >= 4 is 21.6 Å². The number of rotatable bonds is 6. The van der Waals surface area contributed by atoms with Crippen LogP contribution >= 0.6 is 11.6 Å². The predicted molar refractivity (Wildman–Crippen MR) is 81.3 cm³/mol. The average molecular weight is 329 g/mol. The first kappa shape index (κ1) is 16.0. The molecule has 0 saturated heterocycles. The quantitative estimate of drug-likeness (QED) is 0.884. The zero-order valence-electron chi connectivity index (χ0n) is 11.6. The van der Waals surface area contributed by atoms with E-state index in [1.807, 2.05) is 0 Å². The molecule has 0 saturated carbocycles. The van der Waals surface area contributed by atoms with Gasteiger partial charge in [-0.2, -0.15) is 4.31 Å². The maximum atomic E-state index is 12.7. The van der Waals surface area contributed by atoms with Gasteiger partial charge in [-0.05, 0) is 29.8 Å². The molecule has 0 fully saturated rings. The van der Waals surface area contributed by atoms with Crippen molar-refractivity contribution in [3.8, 4) is 0 Å². The number of nitrogens with zero attached hydrogens (tertiary/aromatic N) is 1. The average Bonchev–Trinajstić information content (AvgIpc) is 2.98. The van der Waals surface area contributed by atoms with Gasteiger partial charge in [0.1, 0.15) is 10.7 Å². The molecule has 0 unspecified atom stereocenters. The number of benzene rings is 1. The lowest BCUT2D eigenvalue weighted by Crippen LogP contribution is -2.30. The van der Waals surface area contributed by atoms with Crippen LogP contribution in [0.1, 0.15) is 18.2 Å². The summed E-state index contributed by atoms with van der Waals surface area (Å²) < 4.78 is 32.0. The minimum Gasteiger partial charge on any atom is -0.468 e. The molecule has 0 radical (unpaired) electrons. The van der Waals surface area contributed by atoms with Crippen LogP contribution in [-0.2, 0) is 23.1 Å². The van der Waals surface area contributed by atoms with Gasteiger partial charge in [-0.1, -0.05) is 24.6 Å². The topological polar surface area (TPSA) is 76.5 Å². The molecule has 1 heterocycles. The van der Waals surface area contributed by atoms with Crippen molar-refractivity contribution in [2.45, 2.75) is 24.9 Å². The smallest absolute Gasteiger partial charge is 0.244 e. The van der Waals surface area contributed by atoms with Crippen LogP contribution in [0.15, 0.2) is 45.9 Å². The highest BCUT2D eigenvalue weighted by Crippen LogP contribution is 2.26. The molecule has 2 aromatic rings. The Morgan fingerprint density at radius 3 is 2.67 bits per heavy atom. The lowest BCUT2D eigenvalue weighted by molar-refractivity contribution is 0.375. The van der Waals surface area contributed by atoms with Gasteiger partial charge in [-0.15, -0.1) is 0 Å². The summed E-state index contributed by atoms with van der Waals surface area (Å²) in [5.74, 6) is 0.575. The van der Waals surface area contributed by atoms with Crippen LogP contribution in [0.4, 0.5) is 0 Å². The van der Waals surface area contributed by atoms with Crippen LogP contribution < -0.4 is 5.73 Å². The van der Waals surface area contributed by atoms with Crippen molar-refractivity contribution < 1.29 is 12.8 Å². The molecule has 21 heavy (non-hydrogen) atoms. The molecule has 0 bridgehead atoms. The standard InChI is InChI=1S/C14H17ClN2O3S/c1-2-17(10-12-4-3-7-20-12)21(18,19)14-8-11(9-16)5-6-13(14)15/h3-8H,2,9-10,16H2,1H3. The fourth-order valence-corrected chi connectivity index (χ4v) is 3.89. The number of halogens is 1. The normalized spacial score (nSPS) is 12.0. The van der Waals surface area contributed by atoms with E-state index in [0.29, 0.717) is 17.9 Å². The second-order valence-electron chi connectivity index (χ2n) is 4.48. The van der Waals surface area contributed by atoms with Crippen LogP contribution in [0, 0.1) is 0 Å². The van der Waals surface area contributed by atoms with Gasteiger partial charge in [0.15, 0.2) is 0 Å². The Labute approximate surface area is 129 Å². The molecule has 114 valence electrons. The fourth-order valence-electron chi connectivity index (χ4n) is 1.95. The molecule has 0 spiro atoms. The van der Waals surface area contributed by atoms with Crippen molar-refractivity contribution in [1.82, 2.24) is 4.31 Å². The third-order valence-corrected chi connectivity index (χ3v) is 5.52. The Morgan fingerprint density at radius 1 is 1.33 bits per heavy atom. The van der Waals surface area contributed by atoms with Crippen LogP contribution in [0.25, 0.3) is 0 Å². The predicted octanol–water partition coefficient (Wildman–Crippen LogP) is 2.60. The fraction of sp³-hybridized carbons (Fsp3) is 0.286. The highest BCUT2D eigenvalue weighted by Gasteiger charge is 2.26. The molecule has 7 heteroatoms. The third-order valence-electron chi connectivity index (χ3n) is 3.11. The summed E-state index contributed by atoms with van der Waals surface area (Å²) in [5.41, 5.74) is 6.28. The summed E-state index contributed by atoms with van der Waals surface area (Å²) in [6.07, 6.45) is 1.51. The van der Waals surface area contributed by atoms with E-state index in [1.165, 1.54) is 16.6 Å². The van der Waals surface area contributed by atoms with E-state index in [0.717, 1.165) is 0 Å². The molecule has 0 aliphatic rings. The van der Waals surface area contributed by atoms with Gasteiger partial charge in [0, 0.05) is 13.1 Å². The highest BCUT2D eigenvalue weighted by atomic mass is 35.5. The van der Waals surface area contributed by atoms with E-state index >= 15 is 0 Å². The maximum absolute atomic E-state index is 12.7.